The van der Waals surface area contributed by atoms with Crippen LogP contribution in [0.5, 0.6) is 0 Å². The second kappa shape index (κ2) is 12.4. The van der Waals surface area contributed by atoms with Crippen LogP contribution in [0.15, 0.2) is 12.2 Å². The number of aliphatic hydroxyl groups is 1. The summed E-state index contributed by atoms with van der Waals surface area (Å²) in [4.78, 5) is 0. The number of unbranched alkanes of at least 4 members (excludes halogenated alkanes) is 11. The van der Waals surface area contributed by atoms with Crippen LogP contribution in [-0.4, -0.2) is 23.9 Å². The summed E-state index contributed by atoms with van der Waals surface area (Å²) in [6, 6.07) is 0. The summed E-state index contributed by atoms with van der Waals surface area (Å²) in [5, 5.41) is 8.82. The minimum absolute atomic E-state index is 0.0866. The Bertz CT molecular complexity index is 238. The molecule has 0 saturated carbocycles. The molecule has 0 radical (unpaired) electrons. The second-order valence-electron chi connectivity index (χ2n) is 6.07. The number of allylic oxidation sites excluding steroid dienone is 1. The van der Waals surface area contributed by atoms with E-state index in [0.29, 0.717) is 0 Å². The maximum atomic E-state index is 8.82. The lowest BCUT2D eigenvalue weighted by Crippen LogP contribution is -1.95. The minimum Gasteiger partial charge on any atom is -0.394 e. The zero-order valence-corrected chi connectivity index (χ0v) is 13.4. The van der Waals surface area contributed by atoms with Crippen molar-refractivity contribution in [1.82, 2.24) is 0 Å². The molecule has 1 saturated heterocycles. The molecule has 1 rings (SSSR count). The molecule has 0 bridgehead atoms. The maximum absolute atomic E-state index is 8.82. The van der Waals surface area contributed by atoms with E-state index in [1.54, 1.807) is 0 Å². The van der Waals surface area contributed by atoms with Gasteiger partial charge in [0.05, 0.1) is 6.61 Å². The Hall–Kier alpha value is -0.340. The first-order chi connectivity index (χ1) is 9.88. The second-order valence-corrected chi connectivity index (χ2v) is 6.07. The molecule has 2 heteroatoms. The number of rotatable bonds is 14. The lowest BCUT2D eigenvalue weighted by Gasteiger charge is -2.01. The van der Waals surface area contributed by atoms with Crippen LogP contribution in [0.1, 0.15) is 84.0 Å². The van der Waals surface area contributed by atoms with Gasteiger partial charge >= 0.3 is 0 Å². The van der Waals surface area contributed by atoms with Gasteiger partial charge in [-0.25, -0.2) is 0 Å². The Morgan fingerprint density at radius 1 is 0.850 bits per heavy atom. The van der Waals surface area contributed by atoms with Crippen LogP contribution in [0, 0.1) is 0 Å². The average molecular weight is 282 g/mol. The number of hydrogen-bond donors (Lipinski definition) is 1. The zero-order chi connectivity index (χ0) is 14.5. The van der Waals surface area contributed by atoms with Gasteiger partial charge in [0.2, 0.25) is 0 Å². The molecule has 2 unspecified atom stereocenters. The summed E-state index contributed by atoms with van der Waals surface area (Å²) in [7, 11) is 0. The van der Waals surface area contributed by atoms with E-state index in [9.17, 15) is 0 Å². The monoisotopic (exact) mass is 282 g/mol. The Labute approximate surface area is 125 Å². The van der Waals surface area contributed by atoms with Crippen molar-refractivity contribution in [3.63, 3.8) is 0 Å². The van der Waals surface area contributed by atoms with Gasteiger partial charge in [-0.2, -0.15) is 0 Å². The SMILES string of the molecule is CCCCCCCCCCCCCC=CC1OC1CO. The summed E-state index contributed by atoms with van der Waals surface area (Å²) in [5.74, 6) is 0. The molecule has 20 heavy (non-hydrogen) atoms. The number of epoxide rings is 1. The lowest BCUT2D eigenvalue weighted by atomic mass is 10.1. The third-order valence-electron chi connectivity index (χ3n) is 4.10. The van der Waals surface area contributed by atoms with Crippen molar-refractivity contribution in [3.8, 4) is 0 Å². The Morgan fingerprint density at radius 3 is 1.90 bits per heavy atom. The molecular weight excluding hydrogens is 248 g/mol. The Morgan fingerprint density at radius 2 is 1.40 bits per heavy atom. The molecule has 0 aromatic heterocycles. The summed E-state index contributed by atoms with van der Waals surface area (Å²) in [5.41, 5.74) is 0. The van der Waals surface area contributed by atoms with Crippen LogP contribution < -0.4 is 0 Å². The molecule has 1 N–H and O–H groups in total. The molecule has 2 nitrogen and oxygen atoms in total. The van der Waals surface area contributed by atoms with Crippen molar-refractivity contribution >= 4 is 0 Å². The first-order valence-electron chi connectivity index (χ1n) is 8.81. The molecule has 0 aromatic rings. The summed E-state index contributed by atoms with van der Waals surface area (Å²) >= 11 is 0. The highest BCUT2D eigenvalue weighted by Crippen LogP contribution is 2.22. The highest BCUT2D eigenvalue weighted by molar-refractivity contribution is 5.02. The minimum atomic E-state index is 0.0866. The fraction of sp³-hybridized carbons (Fsp3) is 0.889. The third-order valence-corrected chi connectivity index (χ3v) is 4.10. The molecule has 1 fully saturated rings. The van der Waals surface area contributed by atoms with E-state index in [0.717, 1.165) is 6.42 Å². The van der Waals surface area contributed by atoms with Gasteiger partial charge in [0, 0.05) is 0 Å². The van der Waals surface area contributed by atoms with E-state index in [-0.39, 0.29) is 18.8 Å². The molecule has 0 aliphatic carbocycles. The predicted molar refractivity (Wildman–Crippen MR) is 86.0 cm³/mol. The van der Waals surface area contributed by atoms with Gasteiger partial charge in [-0.15, -0.1) is 0 Å². The summed E-state index contributed by atoms with van der Waals surface area (Å²) in [6.07, 6.45) is 21.2. The van der Waals surface area contributed by atoms with Gasteiger partial charge in [-0.05, 0) is 12.8 Å². The van der Waals surface area contributed by atoms with Crippen molar-refractivity contribution < 1.29 is 9.84 Å². The smallest absolute Gasteiger partial charge is 0.111 e. The van der Waals surface area contributed by atoms with Crippen molar-refractivity contribution in [2.24, 2.45) is 0 Å². The van der Waals surface area contributed by atoms with E-state index >= 15 is 0 Å². The summed E-state index contributed by atoms with van der Waals surface area (Å²) < 4.78 is 5.24. The molecular formula is C18H34O2. The highest BCUT2D eigenvalue weighted by Gasteiger charge is 2.35. The lowest BCUT2D eigenvalue weighted by molar-refractivity contribution is 0.243. The average Bonchev–Trinajstić information content (AvgIpc) is 3.22. The van der Waals surface area contributed by atoms with Crippen LogP contribution in [0.2, 0.25) is 0 Å². The van der Waals surface area contributed by atoms with Gasteiger partial charge in [-0.1, -0.05) is 83.3 Å². The largest absolute Gasteiger partial charge is 0.394 e. The van der Waals surface area contributed by atoms with Crippen molar-refractivity contribution in [2.45, 2.75) is 96.2 Å². The van der Waals surface area contributed by atoms with Crippen molar-refractivity contribution in [2.75, 3.05) is 6.61 Å². The fourth-order valence-corrected chi connectivity index (χ4v) is 2.63. The van der Waals surface area contributed by atoms with Crippen LogP contribution in [0.25, 0.3) is 0 Å². The molecule has 0 spiro atoms. The number of ether oxygens (including phenoxy) is 1. The van der Waals surface area contributed by atoms with E-state index in [1.165, 1.54) is 70.6 Å². The van der Waals surface area contributed by atoms with Gasteiger partial charge < -0.3 is 9.84 Å². The van der Waals surface area contributed by atoms with E-state index in [1.807, 2.05) is 0 Å². The molecule has 0 aromatic carbocycles. The van der Waals surface area contributed by atoms with Gasteiger partial charge in [-0.3, -0.25) is 0 Å². The molecule has 1 aliphatic heterocycles. The highest BCUT2D eigenvalue weighted by atomic mass is 16.6. The zero-order valence-electron chi connectivity index (χ0n) is 13.4. The first kappa shape index (κ1) is 17.7. The number of hydrogen-bond acceptors (Lipinski definition) is 2. The van der Waals surface area contributed by atoms with Gasteiger partial charge in [0.25, 0.3) is 0 Å². The maximum Gasteiger partial charge on any atom is 0.111 e. The van der Waals surface area contributed by atoms with Crippen molar-refractivity contribution in [1.29, 1.82) is 0 Å². The number of aliphatic hydroxyl groups excluding tert-OH is 1. The molecule has 1 heterocycles. The van der Waals surface area contributed by atoms with Gasteiger partial charge in [0.15, 0.2) is 0 Å². The van der Waals surface area contributed by atoms with Gasteiger partial charge in [0.1, 0.15) is 12.2 Å². The van der Waals surface area contributed by atoms with Crippen molar-refractivity contribution in [3.05, 3.63) is 12.2 Å². The van der Waals surface area contributed by atoms with Crippen LogP contribution in [-0.2, 0) is 4.74 Å². The Balaban J connectivity index is 1.70. The fourth-order valence-electron chi connectivity index (χ4n) is 2.63. The summed E-state index contributed by atoms with van der Waals surface area (Å²) in [6.45, 7) is 2.44. The molecule has 118 valence electrons. The molecule has 2 atom stereocenters. The van der Waals surface area contributed by atoms with Crippen LogP contribution in [0.4, 0.5) is 0 Å². The Kier molecular flexibility index (Phi) is 11.0. The third kappa shape index (κ3) is 9.55. The van der Waals surface area contributed by atoms with Crippen LogP contribution in [0.3, 0.4) is 0 Å². The quantitative estimate of drug-likeness (QED) is 0.276. The predicted octanol–water partition coefficient (Wildman–Crippen LogP) is 5.00. The molecule has 1 aliphatic rings. The normalized spacial score (nSPS) is 21.7. The van der Waals surface area contributed by atoms with E-state index < -0.39 is 0 Å². The molecule has 0 amide bonds. The van der Waals surface area contributed by atoms with Crippen LogP contribution >= 0.6 is 0 Å². The van der Waals surface area contributed by atoms with E-state index in [2.05, 4.69) is 19.1 Å². The topological polar surface area (TPSA) is 32.8 Å². The first-order valence-corrected chi connectivity index (χ1v) is 8.81. The van der Waals surface area contributed by atoms with E-state index in [4.69, 9.17) is 9.84 Å². The standard InChI is InChI=1S/C18H34O2/c1-2-3-4-5-6-7-8-9-10-11-12-13-14-15-17-18(16-19)20-17/h14-15,17-19H,2-13,16H2,1H3.